The van der Waals surface area contributed by atoms with Crippen LogP contribution in [-0.4, -0.2) is 31.1 Å². The van der Waals surface area contributed by atoms with Gasteiger partial charge in [0.2, 0.25) is 0 Å². The minimum absolute atomic E-state index is 0.0327. The fraction of sp³-hybridized carbons (Fsp3) is 0.571. The summed E-state index contributed by atoms with van der Waals surface area (Å²) in [5, 5.41) is 2.96. The Bertz CT molecular complexity index is 443. The molecule has 19 heavy (non-hydrogen) atoms. The summed E-state index contributed by atoms with van der Waals surface area (Å²) in [6, 6.07) is 2.23. The number of rotatable bonds is 3. The van der Waals surface area contributed by atoms with Gasteiger partial charge in [0.25, 0.3) is 0 Å². The van der Waals surface area contributed by atoms with E-state index in [0.717, 1.165) is 32.0 Å². The van der Waals surface area contributed by atoms with E-state index in [2.05, 4.69) is 17.3 Å². The molecule has 1 fully saturated rings. The molecule has 2 nitrogen and oxygen atoms in total. The Morgan fingerprint density at radius 2 is 1.79 bits per heavy atom. The molecule has 0 aromatic heterocycles. The topological polar surface area (TPSA) is 15.3 Å². The van der Waals surface area contributed by atoms with Gasteiger partial charge in [0.1, 0.15) is 0 Å². The lowest BCUT2D eigenvalue weighted by molar-refractivity contribution is 0.208. The highest BCUT2D eigenvalue weighted by atomic mass is 19.2. The molecule has 1 aromatic rings. The Morgan fingerprint density at radius 1 is 1.16 bits per heavy atom. The van der Waals surface area contributed by atoms with Crippen LogP contribution in [0.15, 0.2) is 12.1 Å². The number of nitrogens with zero attached hydrogens (tertiary/aromatic N) is 1. The summed E-state index contributed by atoms with van der Waals surface area (Å²) in [5.74, 6) is -3.29. The first-order valence-electron chi connectivity index (χ1n) is 6.57. The Balaban J connectivity index is 2.03. The summed E-state index contributed by atoms with van der Waals surface area (Å²) in [6.07, 6.45) is 2.05. The van der Waals surface area contributed by atoms with E-state index in [9.17, 15) is 13.2 Å². The molecule has 1 N–H and O–H groups in total. The molecule has 1 aliphatic heterocycles. The first-order valence-corrected chi connectivity index (χ1v) is 6.57. The Morgan fingerprint density at radius 3 is 2.42 bits per heavy atom. The second kappa shape index (κ2) is 5.82. The van der Waals surface area contributed by atoms with Crippen molar-refractivity contribution in [3.8, 4) is 0 Å². The van der Waals surface area contributed by atoms with E-state index < -0.39 is 17.5 Å². The maximum Gasteiger partial charge on any atom is 0.196 e. The van der Waals surface area contributed by atoms with E-state index in [1.165, 1.54) is 6.07 Å². The standard InChI is InChI=1S/C14H19F3N2/c1-9(10-5-7-19(2)8-6-10)18-12-4-3-11(15)13(16)14(12)17/h3-4,9-10,18H,5-8H2,1-2H3. The van der Waals surface area contributed by atoms with Gasteiger partial charge in [-0.2, -0.15) is 0 Å². The van der Waals surface area contributed by atoms with Gasteiger partial charge in [-0.05, 0) is 58.0 Å². The molecule has 2 rings (SSSR count). The summed E-state index contributed by atoms with van der Waals surface area (Å²) in [7, 11) is 2.07. The molecular formula is C14H19F3N2. The van der Waals surface area contributed by atoms with Gasteiger partial charge >= 0.3 is 0 Å². The van der Waals surface area contributed by atoms with Gasteiger partial charge in [0, 0.05) is 6.04 Å². The molecule has 1 heterocycles. The third kappa shape index (κ3) is 3.21. The van der Waals surface area contributed by atoms with Gasteiger partial charge in [-0.3, -0.25) is 0 Å². The molecular weight excluding hydrogens is 253 g/mol. The zero-order chi connectivity index (χ0) is 14.0. The van der Waals surface area contributed by atoms with Crippen LogP contribution in [-0.2, 0) is 0 Å². The number of likely N-dealkylation sites (tertiary alicyclic amines) is 1. The quantitative estimate of drug-likeness (QED) is 0.850. The minimum atomic E-state index is -1.42. The van der Waals surface area contributed by atoms with Gasteiger partial charge in [-0.25, -0.2) is 13.2 Å². The molecule has 0 aliphatic carbocycles. The lowest BCUT2D eigenvalue weighted by Crippen LogP contribution is -2.37. The fourth-order valence-electron chi connectivity index (χ4n) is 2.53. The van der Waals surface area contributed by atoms with E-state index >= 15 is 0 Å². The van der Waals surface area contributed by atoms with Crippen LogP contribution in [0.25, 0.3) is 0 Å². The molecule has 5 heteroatoms. The molecule has 0 saturated carbocycles. The van der Waals surface area contributed by atoms with E-state index in [0.29, 0.717) is 5.92 Å². The van der Waals surface area contributed by atoms with Gasteiger partial charge in [-0.15, -0.1) is 0 Å². The summed E-state index contributed by atoms with van der Waals surface area (Å²) >= 11 is 0. The molecule has 1 aliphatic rings. The number of nitrogens with one attached hydrogen (secondary N) is 1. The highest BCUT2D eigenvalue weighted by Gasteiger charge is 2.23. The largest absolute Gasteiger partial charge is 0.380 e. The van der Waals surface area contributed by atoms with Crippen molar-refractivity contribution >= 4 is 5.69 Å². The molecule has 1 unspecified atom stereocenters. The van der Waals surface area contributed by atoms with Crippen LogP contribution in [0.2, 0.25) is 0 Å². The smallest absolute Gasteiger partial charge is 0.196 e. The van der Waals surface area contributed by atoms with Crippen molar-refractivity contribution in [2.24, 2.45) is 5.92 Å². The molecule has 1 atom stereocenters. The highest BCUT2D eigenvalue weighted by molar-refractivity contribution is 5.46. The molecule has 0 amide bonds. The van der Waals surface area contributed by atoms with Crippen LogP contribution in [0.5, 0.6) is 0 Å². The van der Waals surface area contributed by atoms with Crippen molar-refractivity contribution in [3.05, 3.63) is 29.6 Å². The van der Waals surface area contributed by atoms with Crippen molar-refractivity contribution < 1.29 is 13.2 Å². The van der Waals surface area contributed by atoms with Crippen LogP contribution in [0.4, 0.5) is 18.9 Å². The van der Waals surface area contributed by atoms with E-state index in [1.807, 2.05) is 6.92 Å². The lowest BCUT2D eigenvalue weighted by Gasteiger charge is -2.33. The van der Waals surface area contributed by atoms with Crippen LogP contribution in [0.3, 0.4) is 0 Å². The van der Waals surface area contributed by atoms with Crippen molar-refractivity contribution in [2.45, 2.75) is 25.8 Å². The predicted molar refractivity (Wildman–Crippen MR) is 69.6 cm³/mol. The van der Waals surface area contributed by atoms with E-state index in [1.54, 1.807) is 0 Å². The fourth-order valence-corrected chi connectivity index (χ4v) is 2.53. The minimum Gasteiger partial charge on any atom is -0.380 e. The van der Waals surface area contributed by atoms with Crippen LogP contribution < -0.4 is 5.32 Å². The normalized spacial score (nSPS) is 19.4. The molecule has 0 spiro atoms. The summed E-state index contributed by atoms with van der Waals surface area (Å²) in [6.45, 7) is 3.98. The van der Waals surface area contributed by atoms with Crippen molar-refractivity contribution in [1.29, 1.82) is 0 Å². The third-order valence-corrected chi connectivity index (χ3v) is 3.89. The summed E-state index contributed by atoms with van der Waals surface area (Å²) in [5.41, 5.74) is 0.0327. The third-order valence-electron chi connectivity index (χ3n) is 3.89. The van der Waals surface area contributed by atoms with Crippen molar-refractivity contribution in [3.63, 3.8) is 0 Å². The van der Waals surface area contributed by atoms with Gasteiger partial charge < -0.3 is 10.2 Å². The zero-order valence-electron chi connectivity index (χ0n) is 11.2. The highest BCUT2D eigenvalue weighted by Crippen LogP contribution is 2.25. The van der Waals surface area contributed by atoms with E-state index in [-0.39, 0.29) is 11.7 Å². The average Bonchev–Trinajstić information content (AvgIpc) is 2.40. The average molecular weight is 272 g/mol. The number of hydrogen-bond donors (Lipinski definition) is 1. The predicted octanol–water partition coefficient (Wildman–Crippen LogP) is 3.25. The Hall–Kier alpha value is -1.23. The van der Waals surface area contributed by atoms with Crippen LogP contribution in [0, 0.1) is 23.4 Å². The van der Waals surface area contributed by atoms with Crippen LogP contribution >= 0.6 is 0 Å². The first-order chi connectivity index (χ1) is 8.99. The SMILES string of the molecule is CC(Nc1ccc(F)c(F)c1F)C1CCN(C)CC1. The summed E-state index contributed by atoms with van der Waals surface area (Å²) < 4.78 is 39.6. The number of benzene rings is 1. The molecule has 1 aromatic carbocycles. The molecule has 1 saturated heterocycles. The number of anilines is 1. The lowest BCUT2D eigenvalue weighted by atomic mass is 9.90. The van der Waals surface area contributed by atoms with Crippen molar-refractivity contribution in [2.75, 3.05) is 25.5 Å². The maximum atomic E-state index is 13.6. The monoisotopic (exact) mass is 272 g/mol. The second-order valence-corrected chi connectivity index (χ2v) is 5.30. The Kier molecular flexibility index (Phi) is 4.34. The first kappa shape index (κ1) is 14.2. The zero-order valence-corrected chi connectivity index (χ0v) is 11.2. The molecule has 0 bridgehead atoms. The van der Waals surface area contributed by atoms with Gasteiger partial charge in [-0.1, -0.05) is 0 Å². The second-order valence-electron chi connectivity index (χ2n) is 5.30. The molecule has 0 radical (unpaired) electrons. The Labute approximate surface area is 111 Å². The van der Waals surface area contributed by atoms with Gasteiger partial charge in [0.15, 0.2) is 17.5 Å². The maximum absolute atomic E-state index is 13.6. The number of hydrogen-bond acceptors (Lipinski definition) is 2. The molecule has 106 valence electrons. The number of halogens is 3. The van der Waals surface area contributed by atoms with Gasteiger partial charge in [0.05, 0.1) is 5.69 Å². The number of piperidine rings is 1. The summed E-state index contributed by atoms with van der Waals surface area (Å²) in [4.78, 5) is 2.25. The van der Waals surface area contributed by atoms with Crippen molar-refractivity contribution in [1.82, 2.24) is 4.90 Å². The van der Waals surface area contributed by atoms with E-state index in [4.69, 9.17) is 0 Å². The van der Waals surface area contributed by atoms with Crippen LogP contribution in [0.1, 0.15) is 19.8 Å².